The second-order valence-electron chi connectivity index (χ2n) is 4.59. The lowest BCUT2D eigenvalue weighted by Gasteiger charge is -2.35. The molecule has 94 valence electrons. The molecular formula is C12H22BrNO2. The summed E-state index contributed by atoms with van der Waals surface area (Å²) < 4.78 is 5.22. The molecule has 0 spiro atoms. The number of alkyl halides is 1. The largest absolute Gasteiger partial charge is 0.449 e. The van der Waals surface area contributed by atoms with Gasteiger partial charge >= 0.3 is 6.09 Å². The van der Waals surface area contributed by atoms with E-state index < -0.39 is 0 Å². The molecule has 0 aliphatic carbocycles. The number of unbranched alkanes of at least 4 members (excludes halogenated alkanes) is 1. The van der Waals surface area contributed by atoms with Crippen molar-refractivity contribution in [1.29, 1.82) is 0 Å². The number of piperidine rings is 1. The van der Waals surface area contributed by atoms with E-state index in [4.69, 9.17) is 4.74 Å². The Labute approximate surface area is 107 Å². The number of halogens is 1. The van der Waals surface area contributed by atoms with Crippen LogP contribution in [0.1, 0.15) is 33.1 Å². The fraction of sp³-hybridized carbons (Fsp3) is 0.917. The van der Waals surface area contributed by atoms with Gasteiger partial charge in [-0.15, -0.1) is 0 Å². The highest BCUT2D eigenvalue weighted by Crippen LogP contribution is 2.25. The molecule has 1 saturated heterocycles. The number of hydrogen-bond donors (Lipinski definition) is 0. The van der Waals surface area contributed by atoms with Gasteiger partial charge in [-0.05, 0) is 24.7 Å². The highest BCUT2D eigenvalue weighted by Gasteiger charge is 2.28. The van der Waals surface area contributed by atoms with Gasteiger partial charge in [-0.2, -0.15) is 0 Å². The molecule has 2 unspecified atom stereocenters. The summed E-state index contributed by atoms with van der Waals surface area (Å²) in [5.74, 6) is 1.26. The maximum Gasteiger partial charge on any atom is 0.409 e. The van der Waals surface area contributed by atoms with Crippen LogP contribution in [0, 0.1) is 11.8 Å². The Morgan fingerprint density at radius 3 is 2.94 bits per heavy atom. The number of hydrogen-bond acceptors (Lipinski definition) is 2. The van der Waals surface area contributed by atoms with E-state index in [9.17, 15) is 4.79 Å². The summed E-state index contributed by atoms with van der Waals surface area (Å²) in [5.41, 5.74) is 0. The van der Waals surface area contributed by atoms with Crippen molar-refractivity contribution in [2.45, 2.75) is 33.1 Å². The topological polar surface area (TPSA) is 29.5 Å². The molecule has 1 rings (SSSR count). The zero-order valence-electron chi connectivity index (χ0n) is 10.2. The summed E-state index contributed by atoms with van der Waals surface area (Å²) in [4.78, 5) is 13.6. The van der Waals surface area contributed by atoms with Crippen molar-refractivity contribution in [1.82, 2.24) is 4.90 Å². The Bertz CT molecular complexity index is 223. The van der Waals surface area contributed by atoms with Crippen molar-refractivity contribution in [3.05, 3.63) is 0 Å². The van der Waals surface area contributed by atoms with Crippen LogP contribution in [0.3, 0.4) is 0 Å². The average Bonchev–Trinajstić information content (AvgIpc) is 2.30. The van der Waals surface area contributed by atoms with Gasteiger partial charge in [0.15, 0.2) is 0 Å². The second-order valence-corrected chi connectivity index (χ2v) is 5.24. The number of likely N-dealkylation sites (tertiary alicyclic amines) is 1. The first-order chi connectivity index (χ1) is 7.69. The van der Waals surface area contributed by atoms with Gasteiger partial charge in [0.1, 0.15) is 0 Å². The SMILES string of the molecule is CCCCOC(=O)N1CCC(C)C(CBr)C1. The van der Waals surface area contributed by atoms with Crippen LogP contribution >= 0.6 is 15.9 Å². The maximum absolute atomic E-state index is 11.7. The first-order valence-corrected chi connectivity index (χ1v) is 7.28. The van der Waals surface area contributed by atoms with Gasteiger partial charge in [0, 0.05) is 18.4 Å². The first kappa shape index (κ1) is 13.8. The molecule has 0 radical (unpaired) electrons. The smallest absolute Gasteiger partial charge is 0.409 e. The molecule has 1 aliphatic rings. The van der Waals surface area contributed by atoms with Crippen LogP contribution in [0.15, 0.2) is 0 Å². The highest BCUT2D eigenvalue weighted by molar-refractivity contribution is 9.09. The van der Waals surface area contributed by atoms with Crippen LogP contribution < -0.4 is 0 Å². The van der Waals surface area contributed by atoms with Crippen LogP contribution in [-0.2, 0) is 4.74 Å². The molecular weight excluding hydrogens is 270 g/mol. The molecule has 1 fully saturated rings. The predicted molar refractivity (Wildman–Crippen MR) is 68.9 cm³/mol. The number of carbonyl (C=O) groups is 1. The van der Waals surface area contributed by atoms with Crippen LogP contribution in [0.25, 0.3) is 0 Å². The van der Waals surface area contributed by atoms with Crippen molar-refractivity contribution in [3.63, 3.8) is 0 Å². The predicted octanol–water partition coefficient (Wildman–Crippen LogP) is 3.28. The second kappa shape index (κ2) is 7.15. The summed E-state index contributed by atoms with van der Waals surface area (Å²) in [6.07, 6.45) is 2.97. The third kappa shape index (κ3) is 3.96. The molecule has 0 N–H and O–H groups in total. The fourth-order valence-electron chi connectivity index (χ4n) is 1.91. The van der Waals surface area contributed by atoms with E-state index in [-0.39, 0.29) is 6.09 Å². The number of rotatable bonds is 4. The molecule has 0 aromatic rings. The molecule has 1 heterocycles. The lowest BCUT2D eigenvalue weighted by atomic mass is 9.89. The van der Waals surface area contributed by atoms with Gasteiger partial charge < -0.3 is 9.64 Å². The standard InChI is InChI=1S/C12H22BrNO2/c1-3-4-7-16-12(15)14-6-5-10(2)11(8-13)9-14/h10-11H,3-9H2,1-2H3. The van der Waals surface area contributed by atoms with E-state index in [2.05, 4.69) is 29.8 Å². The lowest BCUT2D eigenvalue weighted by molar-refractivity contribution is 0.0752. The van der Waals surface area contributed by atoms with Gasteiger partial charge in [-0.25, -0.2) is 4.79 Å². The third-order valence-electron chi connectivity index (χ3n) is 3.29. The monoisotopic (exact) mass is 291 g/mol. The van der Waals surface area contributed by atoms with E-state index in [0.29, 0.717) is 18.4 Å². The van der Waals surface area contributed by atoms with Crippen LogP contribution in [0.5, 0.6) is 0 Å². The minimum Gasteiger partial charge on any atom is -0.449 e. The molecule has 16 heavy (non-hydrogen) atoms. The van der Waals surface area contributed by atoms with Crippen LogP contribution in [-0.4, -0.2) is 36.0 Å². The van der Waals surface area contributed by atoms with Crippen molar-refractivity contribution in [2.75, 3.05) is 25.0 Å². The van der Waals surface area contributed by atoms with Crippen molar-refractivity contribution in [2.24, 2.45) is 11.8 Å². The minimum atomic E-state index is -0.133. The fourth-order valence-corrected chi connectivity index (χ4v) is 2.75. The first-order valence-electron chi connectivity index (χ1n) is 6.16. The van der Waals surface area contributed by atoms with E-state index in [1.54, 1.807) is 0 Å². The number of nitrogens with zero attached hydrogens (tertiary/aromatic N) is 1. The van der Waals surface area contributed by atoms with E-state index >= 15 is 0 Å². The van der Waals surface area contributed by atoms with Crippen molar-refractivity contribution in [3.8, 4) is 0 Å². The van der Waals surface area contributed by atoms with Gasteiger partial charge in [0.05, 0.1) is 6.61 Å². The maximum atomic E-state index is 11.7. The normalized spacial score (nSPS) is 25.6. The average molecular weight is 292 g/mol. The van der Waals surface area contributed by atoms with Gasteiger partial charge in [0.2, 0.25) is 0 Å². The summed E-state index contributed by atoms with van der Waals surface area (Å²) in [6, 6.07) is 0. The number of ether oxygens (including phenoxy) is 1. The van der Waals surface area contributed by atoms with Gasteiger partial charge in [-0.3, -0.25) is 0 Å². The molecule has 2 atom stereocenters. The quantitative estimate of drug-likeness (QED) is 0.588. The summed E-state index contributed by atoms with van der Waals surface area (Å²) in [5, 5.41) is 0.965. The zero-order valence-corrected chi connectivity index (χ0v) is 11.8. The Morgan fingerprint density at radius 1 is 1.56 bits per heavy atom. The Balaban J connectivity index is 2.33. The molecule has 3 nitrogen and oxygen atoms in total. The summed E-state index contributed by atoms with van der Waals surface area (Å²) >= 11 is 3.51. The van der Waals surface area contributed by atoms with Crippen molar-refractivity contribution < 1.29 is 9.53 Å². The van der Waals surface area contributed by atoms with Crippen LogP contribution in [0.2, 0.25) is 0 Å². The third-order valence-corrected chi connectivity index (χ3v) is 4.13. The van der Waals surface area contributed by atoms with E-state index in [1.807, 2.05) is 4.90 Å². The molecule has 0 bridgehead atoms. The molecule has 4 heteroatoms. The molecule has 0 saturated carbocycles. The lowest BCUT2D eigenvalue weighted by Crippen LogP contribution is -2.44. The van der Waals surface area contributed by atoms with E-state index in [0.717, 1.165) is 37.7 Å². The summed E-state index contributed by atoms with van der Waals surface area (Å²) in [7, 11) is 0. The number of carbonyl (C=O) groups excluding carboxylic acids is 1. The molecule has 1 aliphatic heterocycles. The van der Waals surface area contributed by atoms with Crippen molar-refractivity contribution >= 4 is 22.0 Å². The zero-order chi connectivity index (χ0) is 12.0. The van der Waals surface area contributed by atoms with E-state index in [1.165, 1.54) is 0 Å². The highest BCUT2D eigenvalue weighted by atomic mass is 79.9. The molecule has 1 amide bonds. The van der Waals surface area contributed by atoms with Crippen LogP contribution in [0.4, 0.5) is 4.79 Å². The Morgan fingerprint density at radius 2 is 2.31 bits per heavy atom. The van der Waals surface area contributed by atoms with Gasteiger partial charge in [0.25, 0.3) is 0 Å². The Hall–Kier alpha value is -0.250. The summed E-state index contributed by atoms with van der Waals surface area (Å²) in [6.45, 7) is 6.58. The molecule has 0 aromatic carbocycles. The molecule has 0 aromatic heterocycles. The minimum absolute atomic E-state index is 0.133. The van der Waals surface area contributed by atoms with Gasteiger partial charge in [-0.1, -0.05) is 36.2 Å². The number of amides is 1. The Kier molecular flexibility index (Phi) is 6.17.